The molecule has 0 radical (unpaired) electrons. The van der Waals surface area contributed by atoms with Crippen LogP contribution in [0.4, 0.5) is 13.2 Å². The van der Waals surface area contributed by atoms with Crippen molar-refractivity contribution in [1.29, 1.82) is 0 Å². The van der Waals surface area contributed by atoms with Crippen LogP contribution in [0.5, 0.6) is 0 Å². The van der Waals surface area contributed by atoms with E-state index in [0.29, 0.717) is 0 Å². The molecule has 0 bridgehead atoms. The summed E-state index contributed by atoms with van der Waals surface area (Å²) in [6.07, 6.45) is -5.29. The van der Waals surface area contributed by atoms with E-state index in [9.17, 15) is 26.4 Å². The summed E-state index contributed by atoms with van der Waals surface area (Å²) >= 11 is 0. The Balaban J connectivity index is 2.35. The smallest absolute Gasteiger partial charge is 0.419 e. The number of sulfonamides is 1. The molecular weight excluding hydrogens is 363 g/mol. The number of fused-ring (bicyclic) bond motifs is 1. The van der Waals surface area contributed by atoms with Crippen LogP contribution in [0.3, 0.4) is 0 Å². The number of rotatable bonds is 5. The van der Waals surface area contributed by atoms with Gasteiger partial charge < -0.3 is 9.84 Å². The molecule has 0 aromatic carbocycles. The van der Waals surface area contributed by atoms with Gasteiger partial charge in [-0.25, -0.2) is 17.9 Å². The van der Waals surface area contributed by atoms with Crippen LogP contribution in [0.1, 0.15) is 20.3 Å². The minimum absolute atomic E-state index is 0.0726. The molecule has 2 atom stereocenters. The Labute approximate surface area is 143 Å². The molecule has 1 aliphatic heterocycles. The number of hydrogen-bond acceptors (Lipinski definition) is 4. The summed E-state index contributed by atoms with van der Waals surface area (Å²) < 4.78 is 70.7. The second kappa shape index (κ2) is 6.93. The van der Waals surface area contributed by atoms with Crippen molar-refractivity contribution < 1.29 is 36.2 Å². The first-order chi connectivity index (χ1) is 11.4. The van der Waals surface area contributed by atoms with Gasteiger partial charge in [0.1, 0.15) is 0 Å². The Morgan fingerprint density at radius 2 is 2.04 bits per heavy atom. The molecule has 1 heterocycles. The van der Waals surface area contributed by atoms with Gasteiger partial charge in [-0.15, -0.1) is 0 Å². The first-order valence-corrected chi connectivity index (χ1v) is 8.98. The number of ether oxygens (including phenoxy) is 1. The zero-order valence-electron chi connectivity index (χ0n) is 13.5. The second-order valence-corrected chi connectivity index (χ2v) is 7.95. The van der Waals surface area contributed by atoms with Gasteiger partial charge in [-0.2, -0.15) is 13.2 Å². The van der Waals surface area contributed by atoms with E-state index in [0.717, 1.165) is 12.2 Å². The fraction of sp³-hybridized carbons (Fsp3) is 0.533. The van der Waals surface area contributed by atoms with Crippen molar-refractivity contribution in [1.82, 2.24) is 4.72 Å². The highest BCUT2D eigenvalue weighted by molar-refractivity contribution is 7.93. The van der Waals surface area contributed by atoms with Crippen LogP contribution in [0.25, 0.3) is 0 Å². The van der Waals surface area contributed by atoms with E-state index in [1.807, 2.05) is 13.8 Å². The Hall–Kier alpha value is -1.65. The highest BCUT2D eigenvalue weighted by Gasteiger charge is 2.49. The maximum Gasteiger partial charge on any atom is 0.419 e. The van der Waals surface area contributed by atoms with E-state index in [-0.39, 0.29) is 29.4 Å². The molecule has 0 saturated carbocycles. The van der Waals surface area contributed by atoms with E-state index in [4.69, 9.17) is 9.84 Å². The molecule has 2 N–H and O–H groups in total. The normalized spacial score (nSPS) is 24.3. The van der Waals surface area contributed by atoms with Crippen molar-refractivity contribution in [3.8, 4) is 0 Å². The molecule has 0 saturated heterocycles. The molecule has 0 amide bonds. The SMILES string of the molecule is CC(C)CNS(=O)(=O)C1=CCC2OC(C(F)(F)F)C(C(=O)O)=CC2=C1. The number of aliphatic carboxylic acids is 1. The fourth-order valence-corrected chi connectivity index (χ4v) is 3.74. The van der Waals surface area contributed by atoms with Crippen LogP contribution >= 0.6 is 0 Å². The predicted octanol–water partition coefficient (Wildman–Crippen LogP) is 2.12. The summed E-state index contributed by atoms with van der Waals surface area (Å²) in [6, 6.07) is 0. The predicted molar refractivity (Wildman–Crippen MR) is 83.0 cm³/mol. The molecule has 6 nitrogen and oxygen atoms in total. The number of alkyl halides is 3. The maximum atomic E-state index is 13.0. The first kappa shape index (κ1) is 19.7. The average molecular weight is 381 g/mol. The lowest BCUT2D eigenvalue weighted by Gasteiger charge is -2.33. The highest BCUT2D eigenvalue weighted by Crippen LogP contribution is 2.38. The standard InChI is InChI=1S/C15H18F3NO5S/c1-8(2)7-19-25(22,23)10-3-4-12-9(5-10)6-11(14(20)21)13(24-12)15(16,17)18/h3,5-6,8,12-13,19H,4,7H2,1-2H3,(H,20,21). The van der Waals surface area contributed by atoms with E-state index < -0.39 is 39.9 Å². The quantitative estimate of drug-likeness (QED) is 0.761. The molecule has 140 valence electrons. The Bertz CT molecular complexity index is 750. The van der Waals surface area contributed by atoms with Crippen molar-refractivity contribution in [2.24, 2.45) is 5.92 Å². The number of carbonyl (C=O) groups is 1. The van der Waals surface area contributed by atoms with Gasteiger partial charge in [-0.3, -0.25) is 0 Å². The molecule has 2 aliphatic rings. The van der Waals surface area contributed by atoms with Gasteiger partial charge in [0, 0.05) is 6.54 Å². The van der Waals surface area contributed by atoms with Gasteiger partial charge in [0.2, 0.25) is 10.0 Å². The molecule has 1 aliphatic carbocycles. The largest absolute Gasteiger partial charge is 0.478 e. The van der Waals surface area contributed by atoms with E-state index in [1.54, 1.807) is 0 Å². The van der Waals surface area contributed by atoms with Gasteiger partial charge in [0.05, 0.1) is 16.6 Å². The number of hydrogen-bond donors (Lipinski definition) is 2. The fourth-order valence-electron chi connectivity index (χ4n) is 2.41. The second-order valence-electron chi connectivity index (χ2n) is 6.18. The van der Waals surface area contributed by atoms with Crippen LogP contribution in [0.15, 0.2) is 34.3 Å². The molecule has 0 aromatic heterocycles. The highest BCUT2D eigenvalue weighted by atomic mass is 32.2. The number of halogens is 3. The summed E-state index contributed by atoms with van der Waals surface area (Å²) in [7, 11) is -3.83. The lowest BCUT2D eigenvalue weighted by atomic mass is 9.93. The van der Waals surface area contributed by atoms with E-state index in [1.165, 1.54) is 6.08 Å². The number of allylic oxidation sites excluding steroid dienone is 1. The molecule has 0 fully saturated rings. The van der Waals surface area contributed by atoms with Gasteiger partial charge in [-0.1, -0.05) is 19.9 Å². The average Bonchev–Trinajstić information content (AvgIpc) is 2.50. The van der Waals surface area contributed by atoms with Gasteiger partial charge in [-0.05, 0) is 30.1 Å². The molecule has 2 unspecified atom stereocenters. The molecule has 0 spiro atoms. The third-order valence-corrected chi connectivity index (χ3v) is 5.11. The van der Waals surface area contributed by atoms with Crippen molar-refractivity contribution >= 4 is 16.0 Å². The maximum absolute atomic E-state index is 13.0. The lowest BCUT2D eigenvalue weighted by molar-refractivity contribution is -0.219. The van der Waals surface area contributed by atoms with E-state index >= 15 is 0 Å². The number of carboxylic acids is 1. The van der Waals surface area contributed by atoms with Crippen molar-refractivity contribution in [3.05, 3.63) is 34.3 Å². The number of nitrogens with one attached hydrogen (secondary N) is 1. The summed E-state index contributed by atoms with van der Waals surface area (Å²) in [4.78, 5) is 11.0. The van der Waals surface area contributed by atoms with Crippen LogP contribution in [-0.2, 0) is 19.6 Å². The van der Waals surface area contributed by atoms with Crippen LogP contribution < -0.4 is 4.72 Å². The third-order valence-electron chi connectivity index (χ3n) is 3.65. The summed E-state index contributed by atoms with van der Waals surface area (Å²) in [6.45, 7) is 3.84. The minimum atomic E-state index is -4.87. The third kappa shape index (κ3) is 4.50. The molecule has 25 heavy (non-hydrogen) atoms. The van der Waals surface area contributed by atoms with Gasteiger partial charge in [0.25, 0.3) is 0 Å². The molecular formula is C15H18F3NO5S. The monoisotopic (exact) mass is 381 g/mol. The molecule has 0 aromatic rings. The molecule has 10 heteroatoms. The summed E-state index contributed by atoms with van der Waals surface area (Å²) in [5.41, 5.74) is -0.880. The first-order valence-electron chi connectivity index (χ1n) is 7.50. The van der Waals surface area contributed by atoms with Crippen LogP contribution in [0, 0.1) is 5.92 Å². The zero-order valence-corrected chi connectivity index (χ0v) is 14.3. The summed E-state index contributed by atoms with van der Waals surface area (Å²) in [5.74, 6) is -1.69. The Kier molecular flexibility index (Phi) is 5.45. The van der Waals surface area contributed by atoms with Gasteiger partial charge >= 0.3 is 12.1 Å². The van der Waals surface area contributed by atoms with Crippen LogP contribution in [-0.4, -0.2) is 44.4 Å². The van der Waals surface area contributed by atoms with Crippen molar-refractivity contribution in [2.75, 3.05) is 6.54 Å². The van der Waals surface area contributed by atoms with Gasteiger partial charge in [0.15, 0.2) is 6.10 Å². The van der Waals surface area contributed by atoms with Crippen molar-refractivity contribution in [2.45, 2.75) is 38.7 Å². The topological polar surface area (TPSA) is 92.7 Å². The Morgan fingerprint density at radius 3 is 2.56 bits per heavy atom. The van der Waals surface area contributed by atoms with E-state index in [2.05, 4.69) is 4.72 Å². The Morgan fingerprint density at radius 1 is 1.40 bits per heavy atom. The molecule has 2 rings (SSSR count). The lowest BCUT2D eigenvalue weighted by Crippen LogP contribution is -2.43. The minimum Gasteiger partial charge on any atom is -0.478 e. The van der Waals surface area contributed by atoms with Crippen molar-refractivity contribution in [3.63, 3.8) is 0 Å². The number of carboxylic acid groups (broad SMARTS) is 1. The summed E-state index contributed by atoms with van der Waals surface area (Å²) in [5, 5.41) is 9.01. The zero-order chi connectivity index (χ0) is 19.0. The van der Waals surface area contributed by atoms with Crippen LogP contribution in [0.2, 0.25) is 0 Å².